The van der Waals surface area contributed by atoms with E-state index in [1.54, 1.807) is 0 Å². The van der Waals surface area contributed by atoms with Crippen LogP contribution in [-0.2, 0) is 11.3 Å². The van der Waals surface area contributed by atoms with Crippen LogP contribution < -0.4 is 0 Å². The van der Waals surface area contributed by atoms with E-state index in [0.29, 0.717) is 5.92 Å². The van der Waals surface area contributed by atoms with Gasteiger partial charge in [0.25, 0.3) is 0 Å². The van der Waals surface area contributed by atoms with Gasteiger partial charge in [-0.1, -0.05) is 24.3 Å². The topological polar surface area (TPSA) is 29.5 Å². The van der Waals surface area contributed by atoms with Crippen molar-refractivity contribution in [3.8, 4) is 0 Å². The SMILES string of the molecule is OCc1ccccc1C(CF)C1CCOCC1. The second-order valence-electron chi connectivity index (χ2n) is 4.57. The summed E-state index contributed by atoms with van der Waals surface area (Å²) in [5.74, 6) is 0.240. The summed E-state index contributed by atoms with van der Waals surface area (Å²) in [6.45, 7) is 1.07. The highest BCUT2D eigenvalue weighted by Gasteiger charge is 2.26. The first-order chi connectivity index (χ1) is 8.36. The van der Waals surface area contributed by atoms with E-state index in [9.17, 15) is 9.50 Å². The van der Waals surface area contributed by atoms with E-state index in [1.807, 2.05) is 24.3 Å². The van der Waals surface area contributed by atoms with Crippen LogP contribution in [0.2, 0.25) is 0 Å². The molecule has 1 aromatic rings. The molecule has 3 heteroatoms. The number of aliphatic hydroxyl groups excluding tert-OH is 1. The summed E-state index contributed by atoms with van der Waals surface area (Å²) in [6.07, 6.45) is 1.82. The van der Waals surface area contributed by atoms with Crippen molar-refractivity contribution in [3.05, 3.63) is 35.4 Å². The maximum atomic E-state index is 13.3. The van der Waals surface area contributed by atoms with Crippen molar-refractivity contribution >= 4 is 0 Å². The molecule has 0 amide bonds. The van der Waals surface area contributed by atoms with Crippen molar-refractivity contribution in [1.82, 2.24) is 0 Å². The Morgan fingerprint density at radius 3 is 2.65 bits per heavy atom. The van der Waals surface area contributed by atoms with Crippen molar-refractivity contribution in [3.63, 3.8) is 0 Å². The van der Waals surface area contributed by atoms with Gasteiger partial charge in [-0.05, 0) is 29.9 Å². The first-order valence-corrected chi connectivity index (χ1v) is 6.19. The molecule has 0 spiro atoms. The molecular formula is C14H19FO2. The van der Waals surface area contributed by atoms with E-state index in [4.69, 9.17) is 4.74 Å². The average Bonchev–Trinajstić information content (AvgIpc) is 2.41. The minimum atomic E-state index is -0.359. The van der Waals surface area contributed by atoms with Gasteiger partial charge in [0.2, 0.25) is 0 Å². The smallest absolute Gasteiger partial charge is 0.0965 e. The highest BCUT2D eigenvalue weighted by atomic mass is 19.1. The molecule has 0 bridgehead atoms. The molecule has 1 saturated heterocycles. The number of ether oxygens (including phenoxy) is 1. The van der Waals surface area contributed by atoms with Crippen LogP contribution in [0.1, 0.15) is 29.9 Å². The van der Waals surface area contributed by atoms with Gasteiger partial charge in [0.05, 0.1) is 13.3 Å². The Hall–Kier alpha value is -0.930. The third-order valence-corrected chi connectivity index (χ3v) is 3.63. The van der Waals surface area contributed by atoms with Gasteiger partial charge in [0.15, 0.2) is 0 Å². The monoisotopic (exact) mass is 238 g/mol. The van der Waals surface area contributed by atoms with Crippen LogP contribution in [0, 0.1) is 5.92 Å². The van der Waals surface area contributed by atoms with E-state index in [-0.39, 0.29) is 19.2 Å². The van der Waals surface area contributed by atoms with Gasteiger partial charge in [0.1, 0.15) is 0 Å². The summed E-state index contributed by atoms with van der Waals surface area (Å²) in [7, 11) is 0. The molecule has 1 N–H and O–H groups in total. The lowest BCUT2D eigenvalue weighted by Crippen LogP contribution is -2.24. The molecule has 1 aliphatic heterocycles. The Kier molecular flexibility index (Phi) is 4.51. The molecule has 1 heterocycles. The fourth-order valence-electron chi connectivity index (χ4n) is 2.62. The zero-order valence-corrected chi connectivity index (χ0v) is 9.94. The summed E-state index contributed by atoms with van der Waals surface area (Å²) in [4.78, 5) is 0. The van der Waals surface area contributed by atoms with Crippen LogP contribution in [0.15, 0.2) is 24.3 Å². The summed E-state index contributed by atoms with van der Waals surface area (Å²) in [6, 6.07) is 7.60. The van der Waals surface area contributed by atoms with Gasteiger partial charge in [-0.2, -0.15) is 0 Å². The first kappa shape index (κ1) is 12.5. The van der Waals surface area contributed by atoms with Crippen molar-refractivity contribution < 1.29 is 14.2 Å². The predicted octanol–water partition coefficient (Wildman–Crippen LogP) is 2.66. The van der Waals surface area contributed by atoms with Crippen molar-refractivity contribution in [2.45, 2.75) is 25.4 Å². The van der Waals surface area contributed by atoms with Gasteiger partial charge in [0, 0.05) is 19.1 Å². The molecule has 0 radical (unpaired) electrons. The van der Waals surface area contributed by atoms with Crippen molar-refractivity contribution in [2.24, 2.45) is 5.92 Å². The molecular weight excluding hydrogens is 219 g/mol. The van der Waals surface area contributed by atoms with Crippen LogP contribution in [0.25, 0.3) is 0 Å². The Bertz CT molecular complexity index is 348. The van der Waals surface area contributed by atoms with Gasteiger partial charge in [-0.3, -0.25) is 4.39 Å². The number of aliphatic hydroxyl groups is 1. The van der Waals surface area contributed by atoms with E-state index in [1.165, 1.54) is 0 Å². The van der Waals surface area contributed by atoms with Crippen molar-refractivity contribution in [1.29, 1.82) is 0 Å². The average molecular weight is 238 g/mol. The Labute approximate surface area is 101 Å². The molecule has 0 saturated carbocycles. The van der Waals surface area contributed by atoms with E-state index < -0.39 is 0 Å². The molecule has 1 fully saturated rings. The maximum Gasteiger partial charge on any atom is 0.0965 e. The fourth-order valence-corrected chi connectivity index (χ4v) is 2.62. The van der Waals surface area contributed by atoms with Crippen LogP contribution >= 0.6 is 0 Å². The van der Waals surface area contributed by atoms with E-state index >= 15 is 0 Å². The molecule has 1 unspecified atom stereocenters. The third kappa shape index (κ3) is 2.85. The van der Waals surface area contributed by atoms with Gasteiger partial charge >= 0.3 is 0 Å². The minimum absolute atomic E-state index is 0.0180. The summed E-state index contributed by atoms with van der Waals surface area (Å²) >= 11 is 0. The largest absolute Gasteiger partial charge is 0.392 e. The third-order valence-electron chi connectivity index (χ3n) is 3.63. The first-order valence-electron chi connectivity index (χ1n) is 6.19. The fraction of sp³-hybridized carbons (Fsp3) is 0.571. The lowest BCUT2D eigenvalue weighted by molar-refractivity contribution is 0.0544. The number of hydrogen-bond acceptors (Lipinski definition) is 2. The quantitative estimate of drug-likeness (QED) is 0.873. The van der Waals surface area contributed by atoms with Gasteiger partial charge < -0.3 is 9.84 Å². The predicted molar refractivity (Wildman–Crippen MR) is 64.6 cm³/mol. The van der Waals surface area contributed by atoms with Crippen LogP contribution in [0.3, 0.4) is 0 Å². The molecule has 1 atom stereocenters. The van der Waals surface area contributed by atoms with Gasteiger partial charge in [-0.15, -0.1) is 0 Å². The van der Waals surface area contributed by atoms with E-state index in [0.717, 1.165) is 37.2 Å². The van der Waals surface area contributed by atoms with Crippen LogP contribution in [0.4, 0.5) is 4.39 Å². The molecule has 94 valence electrons. The molecule has 17 heavy (non-hydrogen) atoms. The Morgan fingerprint density at radius 2 is 2.00 bits per heavy atom. The lowest BCUT2D eigenvalue weighted by Gasteiger charge is -2.29. The maximum absolute atomic E-state index is 13.3. The highest BCUT2D eigenvalue weighted by molar-refractivity contribution is 5.30. The van der Waals surface area contributed by atoms with Crippen LogP contribution in [0.5, 0.6) is 0 Å². The van der Waals surface area contributed by atoms with Crippen LogP contribution in [-0.4, -0.2) is 25.0 Å². The number of benzene rings is 1. The second kappa shape index (κ2) is 6.12. The molecule has 2 rings (SSSR count). The number of hydrogen-bond donors (Lipinski definition) is 1. The zero-order valence-electron chi connectivity index (χ0n) is 9.94. The number of rotatable bonds is 4. The highest BCUT2D eigenvalue weighted by Crippen LogP contribution is 2.34. The normalized spacial score (nSPS) is 19.2. The number of halogens is 1. The van der Waals surface area contributed by atoms with Gasteiger partial charge in [-0.25, -0.2) is 0 Å². The Balaban J connectivity index is 2.21. The molecule has 1 aromatic carbocycles. The molecule has 0 aliphatic carbocycles. The molecule has 0 aromatic heterocycles. The van der Waals surface area contributed by atoms with Crippen molar-refractivity contribution in [2.75, 3.05) is 19.9 Å². The Morgan fingerprint density at radius 1 is 1.29 bits per heavy atom. The molecule has 2 nitrogen and oxygen atoms in total. The molecule has 1 aliphatic rings. The lowest BCUT2D eigenvalue weighted by atomic mass is 9.80. The summed E-state index contributed by atoms with van der Waals surface area (Å²) in [5.41, 5.74) is 1.81. The standard InChI is InChI=1S/C14H19FO2/c15-9-14(11-5-7-17-8-6-11)13-4-2-1-3-12(13)10-16/h1-4,11,14,16H,5-10H2. The second-order valence-corrected chi connectivity index (χ2v) is 4.57. The zero-order chi connectivity index (χ0) is 12.1. The summed E-state index contributed by atoms with van der Waals surface area (Å²) < 4.78 is 18.6. The number of alkyl halides is 1. The minimum Gasteiger partial charge on any atom is -0.392 e. The summed E-state index contributed by atoms with van der Waals surface area (Å²) in [5, 5.41) is 9.31. The van der Waals surface area contributed by atoms with E-state index in [2.05, 4.69) is 0 Å².